The van der Waals surface area contributed by atoms with E-state index in [4.69, 9.17) is 4.74 Å². The van der Waals surface area contributed by atoms with Crippen molar-refractivity contribution >= 4 is 17.5 Å². The van der Waals surface area contributed by atoms with E-state index in [1.165, 1.54) is 0 Å². The van der Waals surface area contributed by atoms with Crippen molar-refractivity contribution in [3.63, 3.8) is 0 Å². The second kappa shape index (κ2) is 5.60. The summed E-state index contributed by atoms with van der Waals surface area (Å²) in [4.78, 5) is 11.3. The Morgan fingerprint density at radius 2 is 2.50 bits per heavy atom. The molecule has 0 aliphatic carbocycles. The van der Waals surface area contributed by atoms with Crippen LogP contribution in [0.25, 0.3) is 0 Å². The molecular weight excluding hydrogens is 172 g/mol. The molecule has 0 aromatic carbocycles. The van der Waals surface area contributed by atoms with Crippen LogP contribution in [0, 0.1) is 0 Å². The molecule has 1 heterocycles. The van der Waals surface area contributed by atoms with Crippen LogP contribution >= 0.6 is 11.8 Å². The van der Waals surface area contributed by atoms with Crippen LogP contribution < -0.4 is 0 Å². The summed E-state index contributed by atoms with van der Waals surface area (Å²) in [5, 5.41) is 0. The molecule has 1 aliphatic heterocycles. The Hall–Kier alpha value is -0.0200. The Balaban J connectivity index is 2.08. The molecule has 0 aromatic heterocycles. The summed E-state index contributed by atoms with van der Waals surface area (Å²) in [6.45, 7) is 0.848. The lowest BCUT2D eigenvalue weighted by Crippen LogP contribution is -2.12. The maximum Gasteiger partial charge on any atom is 0.136 e. The van der Waals surface area contributed by atoms with E-state index in [0.717, 1.165) is 25.2 Å². The molecule has 1 fully saturated rings. The van der Waals surface area contributed by atoms with E-state index in [-0.39, 0.29) is 6.10 Å². The molecule has 3 heteroatoms. The number of ether oxygens (including phenoxy) is 1. The van der Waals surface area contributed by atoms with Gasteiger partial charge in [-0.1, -0.05) is 0 Å². The third-order valence-electron chi connectivity index (χ3n) is 2.06. The minimum atomic E-state index is 0.236. The van der Waals surface area contributed by atoms with Gasteiger partial charge in [0.25, 0.3) is 0 Å². The van der Waals surface area contributed by atoms with Crippen molar-refractivity contribution in [3.05, 3.63) is 0 Å². The number of hydrogen-bond acceptors (Lipinski definition) is 3. The molecule has 0 N–H and O–H groups in total. The van der Waals surface area contributed by atoms with Gasteiger partial charge in [0.2, 0.25) is 0 Å². The van der Waals surface area contributed by atoms with Gasteiger partial charge in [-0.25, -0.2) is 0 Å². The first-order valence-electron chi connectivity index (χ1n) is 4.45. The zero-order chi connectivity index (χ0) is 8.81. The summed E-state index contributed by atoms with van der Waals surface area (Å²) in [6.07, 6.45) is 5.81. The van der Waals surface area contributed by atoms with Gasteiger partial charge in [-0.2, -0.15) is 11.8 Å². The first-order chi connectivity index (χ1) is 5.83. The van der Waals surface area contributed by atoms with Crippen molar-refractivity contribution in [2.24, 2.45) is 0 Å². The van der Waals surface area contributed by atoms with E-state index in [1.807, 2.05) is 6.26 Å². The van der Waals surface area contributed by atoms with Crippen molar-refractivity contribution in [2.45, 2.75) is 31.8 Å². The van der Waals surface area contributed by atoms with Crippen molar-refractivity contribution in [1.29, 1.82) is 0 Å². The molecule has 0 amide bonds. The molecular formula is C9H16O2S. The normalized spacial score (nSPS) is 22.9. The number of ketones is 1. The molecule has 0 radical (unpaired) electrons. The molecule has 1 aliphatic rings. The molecule has 0 spiro atoms. The van der Waals surface area contributed by atoms with Gasteiger partial charge in [0.15, 0.2) is 0 Å². The van der Waals surface area contributed by atoms with Crippen LogP contribution in [0.3, 0.4) is 0 Å². The lowest BCUT2D eigenvalue weighted by atomic mass is 10.1. The van der Waals surface area contributed by atoms with Crippen LogP contribution in [-0.4, -0.2) is 30.5 Å². The fourth-order valence-electron chi connectivity index (χ4n) is 1.38. The van der Waals surface area contributed by atoms with Crippen molar-refractivity contribution in [2.75, 3.05) is 18.6 Å². The second-order valence-electron chi connectivity index (χ2n) is 3.12. The monoisotopic (exact) mass is 188 g/mol. The SMILES string of the molecule is CSCCC(=O)CC1CCCO1. The minimum Gasteiger partial charge on any atom is -0.378 e. The predicted molar refractivity (Wildman–Crippen MR) is 51.6 cm³/mol. The van der Waals surface area contributed by atoms with Crippen LogP contribution in [-0.2, 0) is 9.53 Å². The molecule has 1 rings (SSSR count). The van der Waals surface area contributed by atoms with Gasteiger partial charge in [-0.3, -0.25) is 4.79 Å². The topological polar surface area (TPSA) is 26.3 Å². The zero-order valence-electron chi connectivity index (χ0n) is 7.54. The molecule has 1 atom stereocenters. The second-order valence-corrected chi connectivity index (χ2v) is 4.11. The lowest BCUT2D eigenvalue weighted by molar-refractivity contribution is -0.120. The Labute approximate surface area is 78.1 Å². The fraction of sp³-hybridized carbons (Fsp3) is 0.889. The van der Waals surface area contributed by atoms with Gasteiger partial charge in [0.05, 0.1) is 6.10 Å². The maximum absolute atomic E-state index is 11.3. The van der Waals surface area contributed by atoms with E-state index in [2.05, 4.69) is 0 Å². The van der Waals surface area contributed by atoms with Gasteiger partial charge in [0, 0.05) is 19.4 Å². The highest BCUT2D eigenvalue weighted by molar-refractivity contribution is 7.98. The van der Waals surface area contributed by atoms with Crippen LogP contribution in [0.5, 0.6) is 0 Å². The summed E-state index contributed by atoms with van der Waals surface area (Å²) in [6, 6.07) is 0. The summed E-state index contributed by atoms with van der Waals surface area (Å²) < 4.78 is 5.38. The highest BCUT2D eigenvalue weighted by Crippen LogP contribution is 2.16. The lowest BCUT2D eigenvalue weighted by Gasteiger charge is -2.06. The summed E-state index contributed by atoms with van der Waals surface area (Å²) in [7, 11) is 0. The Morgan fingerprint density at radius 1 is 1.67 bits per heavy atom. The fourth-order valence-corrected chi connectivity index (χ4v) is 1.81. The summed E-state index contributed by atoms with van der Waals surface area (Å²) >= 11 is 1.73. The first-order valence-corrected chi connectivity index (χ1v) is 5.84. The quantitative estimate of drug-likeness (QED) is 0.659. The zero-order valence-corrected chi connectivity index (χ0v) is 8.36. The maximum atomic E-state index is 11.3. The Bertz CT molecular complexity index is 141. The molecule has 12 heavy (non-hydrogen) atoms. The smallest absolute Gasteiger partial charge is 0.136 e. The van der Waals surface area contributed by atoms with Gasteiger partial charge < -0.3 is 4.74 Å². The predicted octanol–water partition coefficient (Wildman–Crippen LogP) is 1.88. The standard InChI is InChI=1S/C9H16O2S/c1-12-6-4-8(10)7-9-3-2-5-11-9/h9H,2-7H2,1H3. The third kappa shape index (κ3) is 3.59. The number of carbonyl (C=O) groups excluding carboxylic acids is 1. The average molecular weight is 188 g/mol. The van der Waals surface area contributed by atoms with E-state index in [1.54, 1.807) is 11.8 Å². The number of Topliss-reactive ketones (excluding diaryl/α,β-unsaturated/α-hetero) is 1. The van der Waals surface area contributed by atoms with Crippen molar-refractivity contribution in [1.82, 2.24) is 0 Å². The molecule has 1 unspecified atom stereocenters. The van der Waals surface area contributed by atoms with Crippen molar-refractivity contribution < 1.29 is 9.53 Å². The number of hydrogen-bond donors (Lipinski definition) is 0. The van der Waals surface area contributed by atoms with Crippen LogP contribution in [0.4, 0.5) is 0 Å². The largest absolute Gasteiger partial charge is 0.378 e. The van der Waals surface area contributed by atoms with E-state index < -0.39 is 0 Å². The average Bonchev–Trinajstić information content (AvgIpc) is 2.53. The molecule has 1 saturated heterocycles. The van der Waals surface area contributed by atoms with Gasteiger partial charge in [-0.05, 0) is 24.9 Å². The third-order valence-corrected chi connectivity index (χ3v) is 2.68. The highest BCUT2D eigenvalue weighted by atomic mass is 32.2. The summed E-state index contributed by atoms with van der Waals surface area (Å²) in [5.41, 5.74) is 0. The van der Waals surface area contributed by atoms with Crippen LogP contribution in [0.1, 0.15) is 25.7 Å². The number of rotatable bonds is 5. The molecule has 70 valence electrons. The van der Waals surface area contributed by atoms with Gasteiger partial charge in [0.1, 0.15) is 5.78 Å². The first kappa shape index (κ1) is 10.1. The Kier molecular flexibility index (Phi) is 4.69. The highest BCUT2D eigenvalue weighted by Gasteiger charge is 2.18. The van der Waals surface area contributed by atoms with Gasteiger partial charge in [-0.15, -0.1) is 0 Å². The molecule has 0 aromatic rings. The van der Waals surface area contributed by atoms with Crippen LogP contribution in [0.2, 0.25) is 0 Å². The molecule has 0 saturated carbocycles. The Morgan fingerprint density at radius 3 is 3.08 bits per heavy atom. The van der Waals surface area contributed by atoms with Crippen molar-refractivity contribution in [3.8, 4) is 0 Å². The van der Waals surface area contributed by atoms with Gasteiger partial charge >= 0.3 is 0 Å². The molecule has 2 nitrogen and oxygen atoms in total. The van der Waals surface area contributed by atoms with E-state index >= 15 is 0 Å². The number of thioether (sulfide) groups is 1. The van der Waals surface area contributed by atoms with E-state index in [9.17, 15) is 4.79 Å². The van der Waals surface area contributed by atoms with Crippen LogP contribution in [0.15, 0.2) is 0 Å². The van der Waals surface area contributed by atoms with E-state index in [0.29, 0.717) is 18.6 Å². The number of carbonyl (C=O) groups is 1. The summed E-state index contributed by atoms with van der Waals surface area (Å²) in [5.74, 6) is 1.31. The molecule has 0 bridgehead atoms. The minimum absolute atomic E-state index is 0.236.